The molecule has 0 aromatic carbocycles. The molecule has 0 spiro atoms. The van der Waals surface area contributed by atoms with Crippen LogP contribution in [-0.4, -0.2) is 50.6 Å². The highest BCUT2D eigenvalue weighted by Crippen LogP contribution is 2.34. The Kier molecular flexibility index (Phi) is 20.1. The van der Waals surface area contributed by atoms with Crippen LogP contribution in [0.2, 0.25) is 0 Å². The highest BCUT2D eigenvalue weighted by molar-refractivity contribution is 7.61. The maximum absolute atomic E-state index is 10.8. The van der Waals surface area contributed by atoms with Crippen LogP contribution in [0, 0.1) is 0 Å². The molecule has 10 heteroatoms. The highest BCUT2D eigenvalue weighted by atomic mass is 31.2. The van der Waals surface area contributed by atoms with Crippen molar-refractivity contribution in [3.63, 3.8) is 0 Å². The van der Waals surface area contributed by atoms with Crippen molar-refractivity contribution < 1.29 is 36.5 Å². The monoisotopic (exact) mass is 346 g/mol. The van der Waals surface area contributed by atoms with Gasteiger partial charge in [0.2, 0.25) is 5.78 Å². The van der Waals surface area contributed by atoms with Crippen molar-refractivity contribution >= 4 is 20.5 Å². The summed E-state index contributed by atoms with van der Waals surface area (Å²) in [7, 11) is -3.59. The second-order valence-electron chi connectivity index (χ2n) is 3.93. The summed E-state index contributed by atoms with van der Waals surface area (Å²) in [5, 5.41) is 0. The van der Waals surface area contributed by atoms with E-state index in [1.54, 1.807) is 20.0 Å². The van der Waals surface area contributed by atoms with Gasteiger partial charge in [-0.15, -0.1) is 0 Å². The molecular weight excluding hydrogens is 319 g/mol. The molecule has 5 nitrogen and oxygen atoms in total. The molecule has 0 heterocycles. The van der Waals surface area contributed by atoms with E-state index in [2.05, 4.69) is 4.52 Å². The second kappa shape index (κ2) is 12.6. The van der Waals surface area contributed by atoms with Crippen LogP contribution in [0.1, 0.15) is 21.8 Å². The summed E-state index contributed by atoms with van der Waals surface area (Å²) >= 11 is 0. The quantitative estimate of drug-likeness (QED) is 0.723. The third-order valence-electron chi connectivity index (χ3n) is 0.738. The summed E-state index contributed by atoms with van der Waals surface area (Å²) in [6.45, 7) is 6.85. The molecule has 0 saturated carbocycles. The fraction of sp³-hybridized carbons (Fsp3) is 0.900. The molecule has 0 saturated heterocycles. The zero-order valence-electron chi connectivity index (χ0n) is 11.1. The van der Waals surface area contributed by atoms with Gasteiger partial charge in [-0.1, -0.05) is 14.9 Å². The number of Topliss-reactive ketones (excluding diaryl/α,β-unsaturated/α-hetero) is 1. The Labute approximate surface area is 119 Å². The van der Waals surface area contributed by atoms with E-state index >= 15 is 0 Å². The summed E-state index contributed by atoms with van der Waals surface area (Å²) in [6.07, 6.45) is -4.64. The molecule has 1 atom stereocenters. The number of carbonyl (C=O) groups excluding carboxylic acids is 1. The van der Waals surface area contributed by atoms with Gasteiger partial charge in [0, 0.05) is 20.7 Å². The molecule has 0 aliphatic heterocycles. The summed E-state index contributed by atoms with van der Waals surface area (Å²) in [5.74, 6) is -1.76. The average Bonchev–Trinajstić information content (AvgIpc) is 1.98. The molecule has 0 aliphatic carbocycles. The van der Waals surface area contributed by atoms with Crippen LogP contribution in [-0.2, 0) is 18.4 Å². The number of carbonyl (C=O) groups is 1. The van der Waals surface area contributed by atoms with E-state index in [9.17, 15) is 27.1 Å². The lowest BCUT2D eigenvalue weighted by Crippen LogP contribution is -2.18. The average molecular weight is 346 g/mol. The fourth-order valence-electron chi connectivity index (χ4n) is 0. The van der Waals surface area contributed by atoms with Crippen molar-refractivity contribution in [1.29, 1.82) is 0 Å². The van der Waals surface area contributed by atoms with Gasteiger partial charge in [-0.25, -0.2) is 0 Å². The smallest absolute Gasteiger partial charge is 0.324 e. The Hall–Kier alpha value is -0.160. The number of hydrogen-bond donors (Lipinski definition) is 1. The van der Waals surface area contributed by atoms with E-state index < -0.39 is 26.7 Å². The third kappa shape index (κ3) is 64.7. The van der Waals surface area contributed by atoms with E-state index in [-0.39, 0.29) is 14.9 Å². The first kappa shape index (κ1) is 32.0. The van der Waals surface area contributed by atoms with Crippen LogP contribution in [0.3, 0.4) is 0 Å². The van der Waals surface area contributed by atoms with Gasteiger partial charge in [-0.05, 0) is 20.0 Å². The topological polar surface area (TPSA) is 80.7 Å². The predicted octanol–water partition coefficient (Wildman–Crippen LogP) is 4.10. The Balaban J connectivity index is -0.0000000543. The molecule has 0 aromatic heterocycles. The molecular formula is C10H27F3O5P2. The van der Waals surface area contributed by atoms with Crippen LogP contribution < -0.4 is 0 Å². The van der Waals surface area contributed by atoms with Crippen LogP contribution >= 0.6 is 14.7 Å². The van der Waals surface area contributed by atoms with Crippen molar-refractivity contribution in [2.45, 2.75) is 28.0 Å². The van der Waals surface area contributed by atoms with Crippen molar-refractivity contribution in [2.24, 2.45) is 0 Å². The van der Waals surface area contributed by atoms with E-state index in [4.69, 9.17) is 4.89 Å². The summed E-state index contributed by atoms with van der Waals surface area (Å²) in [6, 6.07) is 0. The highest BCUT2D eigenvalue weighted by Gasteiger charge is 2.33. The molecule has 1 N–H and O–H groups in total. The summed E-state index contributed by atoms with van der Waals surface area (Å²) < 4.78 is 56.7. The Morgan fingerprint density at radius 1 is 1.05 bits per heavy atom. The minimum atomic E-state index is -4.64. The first-order chi connectivity index (χ1) is 7.50. The van der Waals surface area contributed by atoms with Gasteiger partial charge in [-0.3, -0.25) is 9.36 Å². The van der Waals surface area contributed by atoms with E-state index in [0.29, 0.717) is 6.92 Å². The standard InChI is InChI=1S/C3H3F3O.C3H9OP.C2H7O3P.2CH4/c1-2(7)3(4,5)6;1-5(2,3)4;1-5-6(2,3)4;;/h1H3;1-3H3;1-2H3,(H,3,4);2*1H4. The first-order valence-corrected chi connectivity index (χ1v) is 9.54. The number of alkyl halides is 3. The van der Waals surface area contributed by atoms with Gasteiger partial charge in [-0.2, -0.15) is 13.2 Å². The summed E-state index contributed by atoms with van der Waals surface area (Å²) in [4.78, 5) is 17.5. The van der Waals surface area contributed by atoms with Crippen LogP contribution in [0.5, 0.6) is 0 Å². The Morgan fingerprint density at radius 2 is 1.15 bits per heavy atom. The van der Waals surface area contributed by atoms with Crippen LogP contribution in [0.15, 0.2) is 0 Å². The largest absolute Gasteiger partial charge is 0.449 e. The van der Waals surface area contributed by atoms with Crippen LogP contribution in [0.25, 0.3) is 0 Å². The van der Waals surface area contributed by atoms with E-state index in [0.717, 1.165) is 6.66 Å². The minimum absolute atomic E-state index is 0. The molecule has 0 fully saturated rings. The molecule has 0 radical (unpaired) electrons. The van der Waals surface area contributed by atoms with Crippen molar-refractivity contribution in [2.75, 3.05) is 33.8 Å². The third-order valence-corrected chi connectivity index (χ3v) is 1.42. The number of hydrogen-bond acceptors (Lipinski definition) is 4. The van der Waals surface area contributed by atoms with Crippen LogP contribution in [0.4, 0.5) is 13.2 Å². The minimum Gasteiger partial charge on any atom is -0.324 e. The van der Waals surface area contributed by atoms with Crippen molar-refractivity contribution in [3.8, 4) is 0 Å². The second-order valence-corrected chi connectivity index (χ2v) is 9.68. The zero-order chi connectivity index (χ0) is 15.8. The zero-order valence-corrected chi connectivity index (χ0v) is 12.9. The van der Waals surface area contributed by atoms with Gasteiger partial charge in [0.05, 0.1) is 7.14 Å². The Morgan fingerprint density at radius 3 is 1.15 bits per heavy atom. The van der Waals surface area contributed by atoms with E-state index in [1.165, 1.54) is 7.11 Å². The number of ketones is 1. The first-order valence-electron chi connectivity index (χ1n) is 4.47. The fourth-order valence-corrected chi connectivity index (χ4v) is 0. The lowest BCUT2D eigenvalue weighted by Gasteiger charge is -1.96. The molecule has 0 rings (SSSR count). The Bertz CT molecular complexity index is 322. The van der Waals surface area contributed by atoms with Gasteiger partial charge < -0.3 is 14.0 Å². The van der Waals surface area contributed by atoms with Crippen molar-refractivity contribution in [1.82, 2.24) is 0 Å². The SMILES string of the molecule is C.C.CC(=O)C(F)(F)F.COP(C)(=O)O.CP(C)(C)=O. The lowest BCUT2D eigenvalue weighted by atomic mass is 10.5. The normalized spacial score (nSPS) is 12.9. The molecule has 0 bridgehead atoms. The van der Waals surface area contributed by atoms with E-state index in [1.807, 2.05) is 0 Å². The summed E-state index contributed by atoms with van der Waals surface area (Å²) in [5.41, 5.74) is 0. The predicted molar refractivity (Wildman–Crippen MR) is 78.3 cm³/mol. The molecule has 0 amide bonds. The van der Waals surface area contributed by atoms with Gasteiger partial charge in [0.15, 0.2) is 0 Å². The number of rotatable bonds is 1. The maximum atomic E-state index is 10.8. The number of halogens is 3. The lowest BCUT2D eigenvalue weighted by molar-refractivity contribution is -0.168. The van der Waals surface area contributed by atoms with Gasteiger partial charge in [0.1, 0.15) is 0 Å². The van der Waals surface area contributed by atoms with Crippen molar-refractivity contribution in [3.05, 3.63) is 0 Å². The molecule has 0 aromatic rings. The molecule has 20 heavy (non-hydrogen) atoms. The van der Waals surface area contributed by atoms with Gasteiger partial charge in [0.25, 0.3) is 0 Å². The molecule has 0 aliphatic rings. The molecule has 128 valence electrons. The molecule has 1 unspecified atom stereocenters. The maximum Gasteiger partial charge on any atom is 0.449 e. The van der Waals surface area contributed by atoms with Gasteiger partial charge >= 0.3 is 13.8 Å².